The molecule has 1 N–H and O–H groups in total. The van der Waals surface area contributed by atoms with E-state index in [0.717, 1.165) is 31.2 Å². The van der Waals surface area contributed by atoms with Gasteiger partial charge in [0.15, 0.2) is 5.78 Å². The van der Waals surface area contributed by atoms with E-state index in [2.05, 4.69) is 5.16 Å². The van der Waals surface area contributed by atoms with Crippen LogP contribution >= 0.6 is 0 Å². The molecule has 8 heteroatoms. The molecule has 2 heterocycles. The summed E-state index contributed by atoms with van der Waals surface area (Å²) in [6, 6.07) is 7.27. The predicted octanol–water partition coefficient (Wildman–Crippen LogP) is 4.43. The third kappa shape index (κ3) is 4.81. The summed E-state index contributed by atoms with van der Waals surface area (Å²) >= 11 is 0. The summed E-state index contributed by atoms with van der Waals surface area (Å²) in [4.78, 5) is 26.3. The van der Waals surface area contributed by atoms with Crippen molar-refractivity contribution in [1.29, 1.82) is 0 Å². The van der Waals surface area contributed by atoms with Gasteiger partial charge in [-0.15, -0.1) is 0 Å². The number of cyclic esters (lactones) is 1. The average molecular weight is 470 g/mol. The first-order valence-corrected chi connectivity index (χ1v) is 11.7. The van der Waals surface area contributed by atoms with Gasteiger partial charge in [-0.05, 0) is 50.2 Å². The number of methoxy groups -OCH3 is 2. The number of esters is 1. The molecule has 0 bridgehead atoms. The van der Waals surface area contributed by atoms with Gasteiger partial charge in [-0.25, -0.2) is 4.79 Å². The molecule has 2 fully saturated rings. The predicted molar refractivity (Wildman–Crippen MR) is 123 cm³/mol. The number of carbonyl (C=O) groups excluding carboxylic acids is 2. The zero-order chi connectivity index (χ0) is 24.3. The molecule has 34 heavy (non-hydrogen) atoms. The SMILES string of the molecule is COc1ccc(CCC2(C3CCCC3)CC(=O)/C(=C(\O)Cc3cc(C)no3)C(=O)O2)c(OC)c1. The number of nitrogens with zero attached hydrogens (tertiary/aromatic N) is 1. The molecule has 1 unspecified atom stereocenters. The summed E-state index contributed by atoms with van der Waals surface area (Å²) in [5.41, 5.74) is 0.417. The highest BCUT2D eigenvalue weighted by atomic mass is 16.6. The Morgan fingerprint density at radius 1 is 1.18 bits per heavy atom. The van der Waals surface area contributed by atoms with Gasteiger partial charge in [0, 0.05) is 12.1 Å². The highest BCUT2D eigenvalue weighted by molar-refractivity contribution is 6.19. The first-order valence-electron chi connectivity index (χ1n) is 11.7. The van der Waals surface area contributed by atoms with Crippen molar-refractivity contribution in [3.63, 3.8) is 0 Å². The van der Waals surface area contributed by atoms with Crippen LogP contribution in [-0.2, 0) is 27.2 Å². The van der Waals surface area contributed by atoms with Gasteiger partial charge in [-0.1, -0.05) is 24.1 Å². The summed E-state index contributed by atoms with van der Waals surface area (Å²) in [5.74, 6) is 0.361. The van der Waals surface area contributed by atoms with E-state index in [1.165, 1.54) is 0 Å². The van der Waals surface area contributed by atoms with Gasteiger partial charge >= 0.3 is 5.97 Å². The molecule has 2 aliphatic rings. The molecule has 0 amide bonds. The van der Waals surface area contributed by atoms with E-state index in [-0.39, 0.29) is 30.1 Å². The zero-order valence-electron chi connectivity index (χ0n) is 19.9. The molecule has 2 aromatic rings. The molecular formula is C26H31NO7. The number of benzene rings is 1. The van der Waals surface area contributed by atoms with Crippen molar-refractivity contribution in [2.45, 2.75) is 63.9 Å². The van der Waals surface area contributed by atoms with Crippen LogP contribution in [0.25, 0.3) is 0 Å². The van der Waals surface area contributed by atoms with Crippen LogP contribution in [-0.4, -0.2) is 41.8 Å². The standard InChI is InChI=1S/C26H31NO7/c1-16-12-20(34-27-16)13-21(28)24-22(29)15-26(33-25(24)30,18-6-4-5-7-18)11-10-17-8-9-19(31-2)14-23(17)32-3/h8-9,12,14,18,28H,4-7,10-11,13,15H2,1-3H3/b24-21+. The molecular weight excluding hydrogens is 438 g/mol. The molecule has 0 radical (unpaired) electrons. The number of aryl methyl sites for hydroxylation is 2. The molecule has 1 aliphatic carbocycles. The fraction of sp³-hybridized carbons (Fsp3) is 0.500. The quantitative estimate of drug-likeness (QED) is 0.262. The van der Waals surface area contributed by atoms with Crippen LogP contribution in [0.1, 0.15) is 55.5 Å². The summed E-state index contributed by atoms with van der Waals surface area (Å²) in [7, 11) is 3.20. The van der Waals surface area contributed by atoms with Gasteiger partial charge in [0.1, 0.15) is 34.2 Å². The molecule has 1 aromatic carbocycles. The van der Waals surface area contributed by atoms with E-state index in [0.29, 0.717) is 35.8 Å². The second-order valence-electron chi connectivity index (χ2n) is 9.15. The van der Waals surface area contributed by atoms with Crippen LogP contribution in [0, 0.1) is 12.8 Å². The topological polar surface area (TPSA) is 108 Å². The van der Waals surface area contributed by atoms with Crippen molar-refractivity contribution in [1.82, 2.24) is 5.16 Å². The van der Waals surface area contributed by atoms with Gasteiger partial charge < -0.3 is 23.8 Å². The third-order valence-electron chi connectivity index (χ3n) is 6.96. The van der Waals surface area contributed by atoms with Gasteiger partial charge in [0.05, 0.1) is 32.8 Å². The Morgan fingerprint density at radius 3 is 2.56 bits per heavy atom. The summed E-state index contributed by atoms with van der Waals surface area (Å²) < 4.78 is 22.0. The van der Waals surface area contributed by atoms with Crippen LogP contribution in [0.2, 0.25) is 0 Å². The second kappa shape index (κ2) is 9.91. The molecule has 182 valence electrons. The minimum Gasteiger partial charge on any atom is -0.511 e. The number of hydrogen-bond acceptors (Lipinski definition) is 8. The van der Waals surface area contributed by atoms with Gasteiger partial charge in [-0.2, -0.15) is 0 Å². The Labute approximate surface area is 198 Å². The number of carbonyl (C=O) groups is 2. The number of ether oxygens (including phenoxy) is 3. The van der Waals surface area contributed by atoms with E-state index < -0.39 is 17.4 Å². The highest BCUT2D eigenvalue weighted by Crippen LogP contribution is 2.45. The van der Waals surface area contributed by atoms with Crippen LogP contribution in [0.4, 0.5) is 0 Å². The molecule has 1 saturated heterocycles. The number of allylic oxidation sites excluding steroid dienone is 1. The van der Waals surface area contributed by atoms with Gasteiger partial charge in [-0.3, -0.25) is 4.79 Å². The maximum absolute atomic E-state index is 13.2. The van der Waals surface area contributed by atoms with Crippen LogP contribution in [0.15, 0.2) is 40.1 Å². The fourth-order valence-electron chi connectivity index (χ4n) is 5.21. The second-order valence-corrected chi connectivity index (χ2v) is 9.15. The summed E-state index contributed by atoms with van der Waals surface area (Å²) in [6.07, 6.45) is 4.93. The minimum atomic E-state index is -0.901. The van der Waals surface area contributed by atoms with Gasteiger partial charge in [0.2, 0.25) is 0 Å². The maximum atomic E-state index is 13.2. The lowest BCUT2D eigenvalue weighted by Crippen LogP contribution is -2.49. The number of ketones is 1. The van der Waals surface area contributed by atoms with Crippen molar-refractivity contribution in [2.24, 2.45) is 5.92 Å². The molecule has 1 atom stereocenters. The molecule has 1 saturated carbocycles. The molecule has 1 aromatic heterocycles. The Bertz CT molecular complexity index is 1070. The lowest BCUT2D eigenvalue weighted by atomic mass is 9.75. The largest absolute Gasteiger partial charge is 0.511 e. The Kier molecular flexibility index (Phi) is 6.95. The third-order valence-corrected chi connectivity index (χ3v) is 6.96. The number of hydrogen-bond donors (Lipinski definition) is 1. The number of Topliss-reactive ketones (excluding diaryl/α,β-unsaturated/α-hetero) is 1. The van der Waals surface area contributed by atoms with Crippen LogP contribution in [0.3, 0.4) is 0 Å². The van der Waals surface area contributed by atoms with Crippen molar-refractivity contribution in [3.8, 4) is 11.5 Å². The smallest absolute Gasteiger partial charge is 0.345 e. The normalized spacial score (nSPS) is 22.6. The lowest BCUT2D eigenvalue weighted by Gasteiger charge is -2.41. The van der Waals surface area contributed by atoms with Crippen molar-refractivity contribution < 1.29 is 33.4 Å². The number of aliphatic hydroxyl groups excluding tert-OH is 1. The monoisotopic (exact) mass is 469 g/mol. The van der Waals surface area contributed by atoms with E-state index in [9.17, 15) is 14.7 Å². The maximum Gasteiger partial charge on any atom is 0.345 e. The van der Waals surface area contributed by atoms with Crippen molar-refractivity contribution in [2.75, 3.05) is 14.2 Å². The van der Waals surface area contributed by atoms with E-state index in [1.54, 1.807) is 27.2 Å². The number of aromatic nitrogens is 1. The molecule has 0 spiro atoms. The van der Waals surface area contributed by atoms with Crippen LogP contribution < -0.4 is 9.47 Å². The summed E-state index contributed by atoms with van der Waals surface area (Å²) in [6.45, 7) is 1.75. The summed E-state index contributed by atoms with van der Waals surface area (Å²) in [5, 5.41) is 14.4. The molecule has 8 nitrogen and oxygen atoms in total. The van der Waals surface area contributed by atoms with E-state index in [4.69, 9.17) is 18.7 Å². The van der Waals surface area contributed by atoms with Gasteiger partial charge in [0.25, 0.3) is 0 Å². The Hall–Kier alpha value is -3.29. The first kappa shape index (κ1) is 23.9. The minimum absolute atomic E-state index is 0.0523. The average Bonchev–Trinajstić information content (AvgIpc) is 3.49. The fourth-order valence-corrected chi connectivity index (χ4v) is 5.21. The van der Waals surface area contributed by atoms with Crippen molar-refractivity contribution in [3.05, 3.63) is 52.6 Å². The Morgan fingerprint density at radius 2 is 1.94 bits per heavy atom. The highest BCUT2D eigenvalue weighted by Gasteiger charge is 2.50. The number of aliphatic hydroxyl groups is 1. The molecule has 1 aliphatic heterocycles. The Balaban J connectivity index is 1.58. The first-order chi connectivity index (χ1) is 16.3. The number of rotatable bonds is 8. The van der Waals surface area contributed by atoms with Crippen molar-refractivity contribution >= 4 is 11.8 Å². The van der Waals surface area contributed by atoms with Crippen LogP contribution in [0.5, 0.6) is 11.5 Å². The lowest BCUT2D eigenvalue weighted by molar-refractivity contribution is -0.171. The zero-order valence-corrected chi connectivity index (χ0v) is 19.9. The van der Waals surface area contributed by atoms with E-state index in [1.807, 2.05) is 18.2 Å². The molecule has 4 rings (SSSR count). The van der Waals surface area contributed by atoms with E-state index >= 15 is 0 Å².